The van der Waals surface area contributed by atoms with Crippen LogP contribution in [0.4, 0.5) is 0 Å². The van der Waals surface area contributed by atoms with Gasteiger partial charge in [-0.15, -0.1) is 0 Å². The minimum Gasteiger partial charge on any atom is -0.478 e. The first-order valence-corrected chi connectivity index (χ1v) is 7.92. The van der Waals surface area contributed by atoms with Crippen molar-refractivity contribution < 1.29 is 9.53 Å². The SMILES string of the molecule is CCCCN(CCCC)C(=O)C(C)C1=NC(C)(C)CO1. The zero-order valence-corrected chi connectivity index (χ0v) is 13.7. The number of carbonyl (C=O) groups excluding carboxylic acids is 1. The smallest absolute Gasteiger partial charge is 0.234 e. The van der Waals surface area contributed by atoms with Crippen LogP contribution in [0, 0.1) is 5.92 Å². The van der Waals surface area contributed by atoms with Crippen molar-refractivity contribution in [2.45, 2.75) is 65.8 Å². The van der Waals surface area contributed by atoms with Gasteiger partial charge in [0.1, 0.15) is 12.5 Å². The molecular formula is C16H30N2O2. The van der Waals surface area contributed by atoms with E-state index in [4.69, 9.17) is 4.74 Å². The van der Waals surface area contributed by atoms with E-state index in [9.17, 15) is 4.79 Å². The highest BCUT2D eigenvalue weighted by atomic mass is 16.5. The molecule has 4 nitrogen and oxygen atoms in total. The molecule has 20 heavy (non-hydrogen) atoms. The van der Waals surface area contributed by atoms with Crippen LogP contribution in [-0.2, 0) is 9.53 Å². The number of aliphatic imine (C=N–C) groups is 1. The predicted molar refractivity (Wildman–Crippen MR) is 83.0 cm³/mol. The van der Waals surface area contributed by atoms with Gasteiger partial charge in [0.15, 0.2) is 5.90 Å². The zero-order chi connectivity index (χ0) is 15.2. The van der Waals surface area contributed by atoms with E-state index in [2.05, 4.69) is 18.8 Å². The quantitative estimate of drug-likeness (QED) is 0.685. The minimum absolute atomic E-state index is 0.156. The average molecular weight is 282 g/mol. The van der Waals surface area contributed by atoms with E-state index in [1.807, 2.05) is 25.7 Å². The number of rotatable bonds is 8. The van der Waals surface area contributed by atoms with Crippen LogP contribution in [0.15, 0.2) is 4.99 Å². The van der Waals surface area contributed by atoms with E-state index < -0.39 is 0 Å². The number of carbonyl (C=O) groups is 1. The second-order valence-corrected chi connectivity index (χ2v) is 6.31. The summed E-state index contributed by atoms with van der Waals surface area (Å²) < 4.78 is 5.61. The Balaban J connectivity index is 2.67. The number of hydrogen-bond donors (Lipinski definition) is 0. The first-order chi connectivity index (χ1) is 9.41. The second-order valence-electron chi connectivity index (χ2n) is 6.31. The van der Waals surface area contributed by atoms with E-state index in [1.54, 1.807) is 0 Å². The lowest BCUT2D eigenvalue weighted by molar-refractivity contribution is -0.133. The summed E-state index contributed by atoms with van der Waals surface area (Å²) >= 11 is 0. The van der Waals surface area contributed by atoms with Crippen LogP contribution in [0.25, 0.3) is 0 Å². The Morgan fingerprint density at radius 1 is 1.30 bits per heavy atom. The van der Waals surface area contributed by atoms with Gasteiger partial charge >= 0.3 is 0 Å². The van der Waals surface area contributed by atoms with Crippen molar-refractivity contribution >= 4 is 11.8 Å². The standard InChI is InChI=1S/C16H30N2O2/c1-6-8-10-18(11-9-7-2)15(19)13(3)14-17-16(4,5)12-20-14/h13H,6-12H2,1-5H3. The Hall–Kier alpha value is -1.06. The highest BCUT2D eigenvalue weighted by molar-refractivity contribution is 6.00. The molecule has 1 aliphatic rings. The van der Waals surface area contributed by atoms with Gasteiger partial charge in [-0.05, 0) is 33.6 Å². The minimum atomic E-state index is -0.259. The number of hydrogen-bond acceptors (Lipinski definition) is 3. The molecule has 0 aliphatic carbocycles. The normalized spacial score (nSPS) is 18.4. The van der Waals surface area contributed by atoms with Crippen molar-refractivity contribution in [1.82, 2.24) is 4.90 Å². The van der Waals surface area contributed by atoms with Gasteiger partial charge in [0, 0.05) is 13.1 Å². The molecule has 0 saturated carbocycles. The third-order valence-electron chi connectivity index (χ3n) is 3.60. The van der Waals surface area contributed by atoms with E-state index >= 15 is 0 Å². The first-order valence-electron chi connectivity index (χ1n) is 7.92. The average Bonchev–Trinajstić information content (AvgIpc) is 2.77. The maximum Gasteiger partial charge on any atom is 0.234 e. The molecule has 0 bridgehead atoms. The van der Waals surface area contributed by atoms with E-state index in [1.165, 1.54) is 0 Å². The number of unbranched alkanes of at least 4 members (excludes halogenated alkanes) is 2. The van der Waals surface area contributed by atoms with Crippen LogP contribution in [0.1, 0.15) is 60.3 Å². The van der Waals surface area contributed by atoms with Gasteiger partial charge < -0.3 is 9.64 Å². The van der Waals surface area contributed by atoms with Crippen LogP contribution >= 0.6 is 0 Å². The third kappa shape index (κ3) is 4.80. The van der Waals surface area contributed by atoms with Gasteiger partial charge in [-0.25, -0.2) is 4.99 Å². The molecule has 1 heterocycles. The van der Waals surface area contributed by atoms with E-state index in [0.717, 1.165) is 38.8 Å². The van der Waals surface area contributed by atoms with Crippen LogP contribution < -0.4 is 0 Å². The maximum atomic E-state index is 12.6. The van der Waals surface area contributed by atoms with E-state index in [-0.39, 0.29) is 17.4 Å². The van der Waals surface area contributed by atoms with Gasteiger partial charge in [0.2, 0.25) is 5.91 Å². The number of ether oxygens (including phenoxy) is 1. The molecule has 0 spiro atoms. The highest BCUT2D eigenvalue weighted by Crippen LogP contribution is 2.21. The van der Waals surface area contributed by atoms with Crippen LogP contribution in [-0.4, -0.2) is 41.9 Å². The Labute approximate surface area is 123 Å². The molecule has 4 heteroatoms. The lowest BCUT2D eigenvalue weighted by atomic mass is 10.1. The Morgan fingerprint density at radius 3 is 2.25 bits per heavy atom. The Bertz CT molecular complexity index is 342. The summed E-state index contributed by atoms with van der Waals surface area (Å²) in [5.41, 5.74) is -0.193. The van der Waals surface area contributed by atoms with Gasteiger partial charge in [-0.2, -0.15) is 0 Å². The molecule has 0 N–H and O–H groups in total. The molecule has 0 fully saturated rings. The molecule has 116 valence electrons. The van der Waals surface area contributed by atoms with Crippen molar-refractivity contribution in [3.63, 3.8) is 0 Å². The molecule has 0 aromatic carbocycles. The molecule has 1 aliphatic heterocycles. The van der Waals surface area contributed by atoms with Crippen molar-refractivity contribution in [2.24, 2.45) is 10.9 Å². The van der Waals surface area contributed by atoms with Crippen LogP contribution in [0.5, 0.6) is 0 Å². The molecule has 1 atom stereocenters. The summed E-state index contributed by atoms with van der Waals surface area (Å²) in [7, 11) is 0. The van der Waals surface area contributed by atoms with Crippen molar-refractivity contribution in [3.05, 3.63) is 0 Å². The zero-order valence-electron chi connectivity index (χ0n) is 13.7. The van der Waals surface area contributed by atoms with E-state index in [0.29, 0.717) is 12.5 Å². The molecule has 1 unspecified atom stereocenters. The fourth-order valence-corrected chi connectivity index (χ4v) is 2.24. The number of amides is 1. The molecule has 1 amide bonds. The predicted octanol–water partition coefficient (Wildman–Crippen LogP) is 3.26. The molecule has 0 aromatic heterocycles. The molecule has 0 saturated heterocycles. The monoisotopic (exact) mass is 282 g/mol. The number of nitrogens with zero attached hydrogens (tertiary/aromatic N) is 2. The topological polar surface area (TPSA) is 41.9 Å². The Kier molecular flexibility index (Phi) is 6.50. The third-order valence-corrected chi connectivity index (χ3v) is 3.60. The Morgan fingerprint density at radius 2 is 1.85 bits per heavy atom. The van der Waals surface area contributed by atoms with Gasteiger partial charge in [0.05, 0.1) is 5.54 Å². The van der Waals surface area contributed by atoms with Gasteiger partial charge in [0.25, 0.3) is 0 Å². The fourth-order valence-electron chi connectivity index (χ4n) is 2.24. The van der Waals surface area contributed by atoms with Crippen LogP contribution in [0.2, 0.25) is 0 Å². The van der Waals surface area contributed by atoms with Gasteiger partial charge in [-0.1, -0.05) is 26.7 Å². The van der Waals surface area contributed by atoms with Gasteiger partial charge in [-0.3, -0.25) is 4.79 Å². The fraction of sp³-hybridized carbons (Fsp3) is 0.875. The summed E-state index contributed by atoms with van der Waals surface area (Å²) in [5, 5.41) is 0. The summed E-state index contributed by atoms with van der Waals surface area (Å²) in [5.74, 6) is 0.506. The van der Waals surface area contributed by atoms with Crippen molar-refractivity contribution in [1.29, 1.82) is 0 Å². The maximum absolute atomic E-state index is 12.6. The lowest BCUT2D eigenvalue weighted by Crippen LogP contribution is -2.39. The molecule has 0 aromatic rings. The molecule has 0 radical (unpaired) electrons. The molecular weight excluding hydrogens is 252 g/mol. The molecule has 1 rings (SSSR count). The van der Waals surface area contributed by atoms with Crippen molar-refractivity contribution in [2.75, 3.05) is 19.7 Å². The largest absolute Gasteiger partial charge is 0.478 e. The van der Waals surface area contributed by atoms with Crippen LogP contribution in [0.3, 0.4) is 0 Å². The summed E-state index contributed by atoms with van der Waals surface area (Å²) in [6.07, 6.45) is 4.32. The summed E-state index contributed by atoms with van der Waals surface area (Å²) in [4.78, 5) is 19.1. The lowest BCUT2D eigenvalue weighted by Gasteiger charge is -2.25. The second kappa shape index (κ2) is 7.65. The summed E-state index contributed by atoms with van der Waals surface area (Å²) in [6.45, 7) is 12.5. The van der Waals surface area contributed by atoms with Crippen molar-refractivity contribution in [3.8, 4) is 0 Å². The first kappa shape index (κ1) is 17.0. The highest BCUT2D eigenvalue weighted by Gasteiger charge is 2.33. The summed E-state index contributed by atoms with van der Waals surface area (Å²) in [6, 6.07) is 0.